The van der Waals surface area contributed by atoms with E-state index in [1.165, 1.54) is 0 Å². The first kappa shape index (κ1) is 7.74. The molecular weight excluding hydrogens is 146 g/mol. The highest BCUT2D eigenvalue weighted by Crippen LogP contribution is 2.00. The minimum absolute atomic E-state index is 0.0914. The molecule has 0 unspecified atom stereocenters. The molecule has 5 heteroatoms. The fraction of sp³-hybridized carbons (Fsp3) is 0.333. The molecule has 0 aromatic carbocycles. The molecule has 60 valence electrons. The molecule has 0 spiro atoms. The molecule has 0 radical (unpaired) electrons. The van der Waals surface area contributed by atoms with E-state index in [9.17, 15) is 4.79 Å². The summed E-state index contributed by atoms with van der Waals surface area (Å²) in [4.78, 5) is 17.1. The van der Waals surface area contributed by atoms with Crippen molar-refractivity contribution < 1.29 is 5.11 Å². The second-order valence-electron chi connectivity index (χ2n) is 2.17. The van der Waals surface area contributed by atoms with E-state index >= 15 is 0 Å². The van der Waals surface area contributed by atoms with Gasteiger partial charge in [0.2, 0.25) is 0 Å². The van der Waals surface area contributed by atoms with Crippen LogP contribution in [0.3, 0.4) is 0 Å². The maximum absolute atomic E-state index is 11.0. The summed E-state index contributed by atoms with van der Waals surface area (Å²) in [6.07, 6.45) is 0. The minimum Gasteiger partial charge on any atom is -0.391 e. The first-order valence-electron chi connectivity index (χ1n) is 3.11. The van der Waals surface area contributed by atoms with Gasteiger partial charge in [0.15, 0.2) is 0 Å². The van der Waals surface area contributed by atoms with Crippen molar-refractivity contribution in [3.8, 4) is 0 Å². The first-order chi connectivity index (χ1) is 5.15. The Morgan fingerprint density at radius 1 is 1.73 bits per heavy atom. The molecule has 0 atom stereocenters. The van der Waals surface area contributed by atoms with Crippen LogP contribution >= 0.6 is 0 Å². The van der Waals surface area contributed by atoms with Crippen molar-refractivity contribution in [2.75, 3.05) is 5.73 Å². The van der Waals surface area contributed by atoms with Gasteiger partial charge in [0, 0.05) is 0 Å². The largest absolute Gasteiger partial charge is 0.391 e. The van der Waals surface area contributed by atoms with E-state index in [0.717, 1.165) is 0 Å². The molecule has 0 saturated carbocycles. The van der Waals surface area contributed by atoms with Crippen molar-refractivity contribution in [2.24, 2.45) is 0 Å². The molecule has 5 nitrogen and oxygen atoms in total. The van der Waals surface area contributed by atoms with Crippen LogP contribution in [-0.2, 0) is 6.61 Å². The fourth-order valence-corrected chi connectivity index (χ4v) is 0.785. The maximum Gasteiger partial charge on any atom is 0.258 e. The number of aromatic amines is 1. The molecular formula is C6H9N3O2. The molecule has 0 fully saturated rings. The lowest BCUT2D eigenvalue weighted by Gasteiger charge is -1.99. The van der Waals surface area contributed by atoms with Gasteiger partial charge >= 0.3 is 0 Å². The van der Waals surface area contributed by atoms with Gasteiger partial charge in [-0.05, 0) is 6.92 Å². The fourth-order valence-electron chi connectivity index (χ4n) is 0.785. The Morgan fingerprint density at radius 3 is 2.82 bits per heavy atom. The van der Waals surface area contributed by atoms with E-state index in [1.54, 1.807) is 6.92 Å². The lowest BCUT2D eigenvalue weighted by Crippen LogP contribution is -2.18. The van der Waals surface area contributed by atoms with Crippen molar-refractivity contribution >= 4 is 5.82 Å². The van der Waals surface area contributed by atoms with Gasteiger partial charge in [-0.1, -0.05) is 0 Å². The predicted octanol–water partition coefficient (Wildman–Crippen LogP) is -0.847. The monoisotopic (exact) mass is 155 g/mol. The van der Waals surface area contributed by atoms with Crippen molar-refractivity contribution in [3.05, 3.63) is 21.7 Å². The number of rotatable bonds is 1. The van der Waals surface area contributed by atoms with E-state index in [1.807, 2.05) is 0 Å². The van der Waals surface area contributed by atoms with Crippen LogP contribution in [0.15, 0.2) is 4.79 Å². The number of aryl methyl sites for hydroxylation is 1. The lowest BCUT2D eigenvalue weighted by atomic mass is 10.3. The average Bonchev–Trinajstić information content (AvgIpc) is 1.85. The highest BCUT2D eigenvalue weighted by Gasteiger charge is 2.04. The van der Waals surface area contributed by atoms with Gasteiger partial charge in [0.25, 0.3) is 5.56 Å². The normalized spacial score (nSPS) is 10.0. The summed E-state index contributed by atoms with van der Waals surface area (Å²) in [5, 5.41) is 8.65. The Bertz CT molecular complexity index is 318. The third-order valence-electron chi connectivity index (χ3n) is 1.32. The van der Waals surface area contributed by atoms with Gasteiger partial charge in [-0.2, -0.15) is 0 Å². The summed E-state index contributed by atoms with van der Waals surface area (Å²) in [7, 11) is 0. The van der Waals surface area contributed by atoms with Crippen LogP contribution in [0.2, 0.25) is 0 Å². The smallest absolute Gasteiger partial charge is 0.258 e. The van der Waals surface area contributed by atoms with Crippen LogP contribution in [0, 0.1) is 6.92 Å². The topological polar surface area (TPSA) is 92.0 Å². The van der Waals surface area contributed by atoms with E-state index < -0.39 is 0 Å². The Morgan fingerprint density at radius 2 is 2.36 bits per heavy atom. The van der Waals surface area contributed by atoms with Crippen LogP contribution in [0.4, 0.5) is 5.82 Å². The number of anilines is 1. The number of aliphatic hydroxyl groups is 1. The van der Waals surface area contributed by atoms with Crippen LogP contribution in [0.5, 0.6) is 0 Å². The minimum atomic E-state index is -0.381. The quantitative estimate of drug-likeness (QED) is 0.492. The van der Waals surface area contributed by atoms with E-state index in [-0.39, 0.29) is 23.5 Å². The zero-order chi connectivity index (χ0) is 8.43. The zero-order valence-corrected chi connectivity index (χ0v) is 6.09. The van der Waals surface area contributed by atoms with Crippen molar-refractivity contribution in [3.63, 3.8) is 0 Å². The lowest BCUT2D eigenvalue weighted by molar-refractivity contribution is 0.280. The highest BCUT2D eigenvalue weighted by molar-refractivity contribution is 5.36. The van der Waals surface area contributed by atoms with E-state index in [0.29, 0.717) is 5.82 Å². The van der Waals surface area contributed by atoms with Crippen LogP contribution in [-0.4, -0.2) is 15.1 Å². The molecule has 0 amide bonds. The molecule has 1 heterocycles. The summed E-state index contributed by atoms with van der Waals surface area (Å²) in [5.74, 6) is 0.540. The summed E-state index contributed by atoms with van der Waals surface area (Å²) in [6, 6.07) is 0. The molecule has 0 aliphatic carbocycles. The van der Waals surface area contributed by atoms with E-state index in [4.69, 9.17) is 10.8 Å². The van der Waals surface area contributed by atoms with Crippen molar-refractivity contribution in [2.45, 2.75) is 13.5 Å². The molecule has 4 N–H and O–H groups in total. The molecule has 0 aliphatic heterocycles. The number of H-pyrrole nitrogens is 1. The highest BCUT2D eigenvalue weighted by atomic mass is 16.3. The second kappa shape index (κ2) is 2.71. The number of hydrogen-bond acceptors (Lipinski definition) is 4. The molecule has 0 saturated heterocycles. The van der Waals surface area contributed by atoms with E-state index in [2.05, 4.69) is 9.97 Å². The summed E-state index contributed by atoms with van der Waals surface area (Å²) in [6.45, 7) is 1.24. The molecule has 1 aromatic heterocycles. The van der Waals surface area contributed by atoms with Gasteiger partial charge in [-0.3, -0.25) is 4.79 Å². The summed E-state index contributed by atoms with van der Waals surface area (Å²) >= 11 is 0. The average molecular weight is 155 g/mol. The zero-order valence-electron chi connectivity index (χ0n) is 6.09. The number of aliphatic hydroxyl groups excluding tert-OH is 1. The van der Waals surface area contributed by atoms with Crippen molar-refractivity contribution in [1.29, 1.82) is 0 Å². The molecule has 1 aromatic rings. The Hall–Kier alpha value is -1.36. The molecule has 1 rings (SSSR count). The Balaban J connectivity index is 3.37. The van der Waals surface area contributed by atoms with Gasteiger partial charge < -0.3 is 15.8 Å². The second-order valence-corrected chi connectivity index (χ2v) is 2.17. The number of aromatic nitrogens is 2. The third kappa shape index (κ3) is 1.38. The molecule has 0 bridgehead atoms. The van der Waals surface area contributed by atoms with Crippen LogP contribution in [0.1, 0.15) is 11.4 Å². The summed E-state index contributed by atoms with van der Waals surface area (Å²) in [5.41, 5.74) is 5.09. The van der Waals surface area contributed by atoms with Crippen LogP contribution in [0.25, 0.3) is 0 Å². The summed E-state index contributed by atoms with van der Waals surface area (Å²) < 4.78 is 0. The number of nitrogens with one attached hydrogen (secondary N) is 1. The van der Waals surface area contributed by atoms with Gasteiger partial charge in [0.1, 0.15) is 11.6 Å². The van der Waals surface area contributed by atoms with Gasteiger partial charge in [-0.25, -0.2) is 4.98 Å². The molecule has 0 aliphatic rings. The third-order valence-corrected chi connectivity index (χ3v) is 1.32. The Labute approximate surface area is 62.9 Å². The number of nitrogens with zero attached hydrogens (tertiary/aromatic N) is 1. The number of nitrogen functional groups attached to an aromatic ring is 1. The van der Waals surface area contributed by atoms with Crippen LogP contribution < -0.4 is 11.3 Å². The SMILES string of the molecule is Cc1nc(N)c(CO)c(=O)[nH]1. The standard InChI is InChI=1S/C6H9N3O2/c1-3-8-5(7)4(2-10)6(11)9-3/h10H,2H2,1H3,(H3,7,8,9,11). The molecule has 11 heavy (non-hydrogen) atoms. The predicted molar refractivity (Wildman–Crippen MR) is 39.9 cm³/mol. The Kier molecular flexibility index (Phi) is 1.91. The number of hydrogen-bond donors (Lipinski definition) is 3. The maximum atomic E-state index is 11.0. The van der Waals surface area contributed by atoms with Crippen molar-refractivity contribution in [1.82, 2.24) is 9.97 Å². The van der Waals surface area contributed by atoms with Gasteiger partial charge in [0.05, 0.1) is 12.2 Å². The number of nitrogens with two attached hydrogens (primary N) is 1. The van der Waals surface area contributed by atoms with Gasteiger partial charge in [-0.15, -0.1) is 0 Å². The first-order valence-corrected chi connectivity index (χ1v) is 3.11.